The summed E-state index contributed by atoms with van der Waals surface area (Å²) >= 11 is 0. The summed E-state index contributed by atoms with van der Waals surface area (Å²) in [6.45, 7) is 5.42. The Morgan fingerprint density at radius 3 is 2.46 bits per heavy atom. The Balaban J connectivity index is 0.00000338. The summed E-state index contributed by atoms with van der Waals surface area (Å²) in [5.74, 6) is 0.426. The first kappa shape index (κ1) is 22.5. The van der Waals surface area contributed by atoms with Gasteiger partial charge in [0.25, 0.3) is 0 Å². The average molecular weight is 382 g/mol. The van der Waals surface area contributed by atoms with Crippen molar-refractivity contribution in [3.8, 4) is 0 Å². The van der Waals surface area contributed by atoms with Gasteiger partial charge in [-0.1, -0.05) is 44.2 Å². The monoisotopic (exact) mass is 381 g/mol. The molecule has 0 radical (unpaired) electrons. The third-order valence-corrected chi connectivity index (χ3v) is 5.05. The van der Waals surface area contributed by atoms with Crippen molar-refractivity contribution in [3.05, 3.63) is 35.9 Å². The molecular formula is C20H32ClN3O2. The molecule has 2 unspecified atom stereocenters. The molecule has 2 atom stereocenters. The molecule has 0 aromatic heterocycles. The van der Waals surface area contributed by atoms with Gasteiger partial charge in [0.1, 0.15) is 6.04 Å². The summed E-state index contributed by atoms with van der Waals surface area (Å²) < 4.78 is 0. The fraction of sp³-hybridized carbons (Fsp3) is 0.600. The normalized spacial score (nSPS) is 16.8. The molecule has 1 aliphatic rings. The SMILES string of the molecule is CC(C)C(N)CCN(C)C(=O)C(c1ccccc1)N1CCCCC1=O.Cl. The zero-order valence-corrected chi connectivity index (χ0v) is 16.9. The van der Waals surface area contributed by atoms with Crippen molar-refractivity contribution in [2.24, 2.45) is 11.7 Å². The van der Waals surface area contributed by atoms with Gasteiger partial charge in [0, 0.05) is 32.6 Å². The minimum Gasteiger partial charge on any atom is -0.344 e. The molecule has 6 heteroatoms. The van der Waals surface area contributed by atoms with Crippen LogP contribution in [0.4, 0.5) is 0 Å². The maximum atomic E-state index is 13.2. The predicted molar refractivity (Wildman–Crippen MR) is 107 cm³/mol. The Kier molecular flexibility index (Phi) is 9.09. The van der Waals surface area contributed by atoms with Crippen molar-refractivity contribution in [1.29, 1.82) is 0 Å². The second-order valence-electron chi connectivity index (χ2n) is 7.31. The Morgan fingerprint density at radius 2 is 1.88 bits per heavy atom. The Labute approximate surface area is 163 Å². The predicted octanol–water partition coefficient (Wildman–Crippen LogP) is 2.99. The van der Waals surface area contributed by atoms with Gasteiger partial charge in [-0.05, 0) is 30.7 Å². The summed E-state index contributed by atoms with van der Waals surface area (Å²) in [6.07, 6.45) is 3.14. The number of rotatable bonds is 7. The van der Waals surface area contributed by atoms with Crippen LogP contribution in [0.3, 0.4) is 0 Å². The summed E-state index contributed by atoms with van der Waals surface area (Å²) in [5.41, 5.74) is 6.99. The number of nitrogens with two attached hydrogens (primary N) is 1. The van der Waals surface area contributed by atoms with Gasteiger partial charge in [-0.3, -0.25) is 9.59 Å². The minimum atomic E-state index is -0.533. The van der Waals surface area contributed by atoms with E-state index in [-0.39, 0.29) is 30.3 Å². The number of amides is 2. The van der Waals surface area contributed by atoms with Crippen LogP contribution >= 0.6 is 12.4 Å². The van der Waals surface area contributed by atoms with E-state index in [1.807, 2.05) is 30.3 Å². The van der Waals surface area contributed by atoms with Crippen LogP contribution in [-0.2, 0) is 9.59 Å². The van der Waals surface area contributed by atoms with E-state index in [2.05, 4.69) is 13.8 Å². The molecule has 146 valence electrons. The van der Waals surface area contributed by atoms with Crippen molar-refractivity contribution >= 4 is 24.2 Å². The minimum absolute atomic E-state index is 0. The highest BCUT2D eigenvalue weighted by molar-refractivity contribution is 5.89. The first-order valence-corrected chi connectivity index (χ1v) is 9.26. The third kappa shape index (κ3) is 5.71. The van der Waals surface area contributed by atoms with Crippen LogP contribution in [0.15, 0.2) is 30.3 Å². The lowest BCUT2D eigenvalue weighted by Crippen LogP contribution is -2.47. The number of hydrogen-bond acceptors (Lipinski definition) is 3. The second kappa shape index (κ2) is 10.5. The molecule has 0 spiro atoms. The average Bonchev–Trinajstić information content (AvgIpc) is 2.61. The van der Waals surface area contributed by atoms with Crippen molar-refractivity contribution in [2.75, 3.05) is 20.1 Å². The smallest absolute Gasteiger partial charge is 0.249 e. The molecule has 0 bridgehead atoms. The van der Waals surface area contributed by atoms with Crippen molar-refractivity contribution in [3.63, 3.8) is 0 Å². The van der Waals surface area contributed by atoms with Gasteiger partial charge in [0.15, 0.2) is 0 Å². The molecule has 1 aromatic rings. The number of likely N-dealkylation sites (N-methyl/N-ethyl adjacent to an activating group) is 1. The lowest BCUT2D eigenvalue weighted by atomic mass is 9.99. The van der Waals surface area contributed by atoms with Gasteiger partial charge in [-0.15, -0.1) is 12.4 Å². The molecule has 1 fully saturated rings. The van der Waals surface area contributed by atoms with E-state index in [1.54, 1.807) is 16.8 Å². The number of likely N-dealkylation sites (tertiary alicyclic amines) is 1. The number of carbonyl (C=O) groups is 2. The molecule has 2 rings (SSSR count). The van der Waals surface area contributed by atoms with E-state index >= 15 is 0 Å². The lowest BCUT2D eigenvalue weighted by molar-refractivity contribution is -0.147. The van der Waals surface area contributed by atoms with Crippen LogP contribution in [0.25, 0.3) is 0 Å². The molecule has 26 heavy (non-hydrogen) atoms. The van der Waals surface area contributed by atoms with Crippen molar-refractivity contribution in [2.45, 2.75) is 51.6 Å². The van der Waals surface area contributed by atoms with E-state index in [9.17, 15) is 9.59 Å². The van der Waals surface area contributed by atoms with Gasteiger partial charge in [-0.2, -0.15) is 0 Å². The Bertz CT molecular complexity index is 580. The third-order valence-electron chi connectivity index (χ3n) is 5.05. The Hall–Kier alpha value is -1.59. The fourth-order valence-corrected chi connectivity index (χ4v) is 3.19. The highest BCUT2D eigenvalue weighted by atomic mass is 35.5. The van der Waals surface area contributed by atoms with Gasteiger partial charge < -0.3 is 15.5 Å². The molecule has 1 saturated heterocycles. The molecule has 0 saturated carbocycles. The molecule has 0 aliphatic carbocycles. The van der Waals surface area contributed by atoms with Gasteiger partial charge in [0.2, 0.25) is 11.8 Å². The number of hydrogen-bond donors (Lipinski definition) is 1. The number of carbonyl (C=O) groups excluding carboxylic acids is 2. The highest BCUT2D eigenvalue weighted by Crippen LogP contribution is 2.27. The van der Waals surface area contributed by atoms with Gasteiger partial charge >= 0.3 is 0 Å². The molecule has 1 aromatic carbocycles. The zero-order chi connectivity index (χ0) is 18.4. The number of halogens is 1. The van der Waals surface area contributed by atoms with Gasteiger partial charge in [-0.25, -0.2) is 0 Å². The molecule has 5 nitrogen and oxygen atoms in total. The molecule has 2 amide bonds. The topological polar surface area (TPSA) is 66.6 Å². The van der Waals surface area contributed by atoms with E-state index in [4.69, 9.17) is 5.73 Å². The van der Waals surface area contributed by atoms with Crippen LogP contribution in [0.5, 0.6) is 0 Å². The summed E-state index contributed by atoms with van der Waals surface area (Å²) in [7, 11) is 1.81. The van der Waals surface area contributed by atoms with Crippen LogP contribution in [0.2, 0.25) is 0 Å². The second-order valence-corrected chi connectivity index (χ2v) is 7.31. The van der Waals surface area contributed by atoms with Crippen LogP contribution < -0.4 is 5.73 Å². The summed E-state index contributed by atoms with van der Waals surface area (Å²) in [6, 6.07) is 9.15. The van der Waals surface area contributed by atoms with Crippen LogP contribution in [0, 0.1) is 5.92 Å². The van der Waals surface area contributed by atoms with E-state index in [0.717, 1.165) is 24.8 Å². The Morgan fingerprint density at radius 1 is 1.23 bits per heavy atom. The van der Waals surface area contributed by atoms with E-state index in [1.165, 1.54) is 0 Å². The molecule has 1 aliphatic heterocycles. The largest absolute Gasteiger partial charge is 0.344 e. The van der Waals surface area contributed by atoms with Crippen molar-refractivity contribution < 1.29 is 9.59 Å². The fourth-order valence-electron chi connectivity index (χ4n) is 3.19. The maximum absolute atomic E-state index is 13.2. The number of benzene rings is 1. The summed E-state index contributed by atoms with van der Waals surface area (Å²) in [5, 5.41) is 0. The first-order valence-electron chi connectivity index (χ1n) is 9.26. The molecular weight excluding hydrogens is 350 g/mol. The summed E-state index contributed by atoms with van der Waals surface area (Å²) in [4.78, 5) is 29.1. The number of piperidine rings is 1. The zero-order valence-electron chi connectivity index (χ0n) is 16.1. The molecule has 2 N–H and O–H groups in total. The van der Waals surface area contributed by atoms with Crippen LogP contribution in [0.1, 0.15) is 51.1 Å². The maximum Gasteiger partial charge on any atom is 0.249 e. The van der Waals surface area contributed by atoms with Crippen molar-refractivity contribution in [1.82, 2.24) is 9.80 Å². The van der Waals surface area contributed by atoms with E-state index in [0.29, 0.717) is 25.4 Å². The number of nitrogens with zero attached hydrogens (tertiary/aromatic N) is 2. The van der Waals surface area contributed by atoms with Gasteiger partial charge in [0.05, 0.1) is 0 Å². The standard InChI is InChI=1S/C20H31N3O2.ClH/c1-15(2)17(21)12-14-22(3)20(25)19(16-9-5-4-6-10-16)23-13-8-7-11-18(23)24;/h4-6,9-10,15,17,19H,7-8,11-14,21H2,1-3H3;1H. The first-order chi connectivity index (χ1) is 11.9. The van der Waals surface area contributed by atoms with E-state index < -0.39 is 6.04 Å². The van der Waals surface area contributed by atoms with Crippen LogP contribution in [-0.4, -0.2) is 47.8 Å². The molecule has 1 heterocycles. The lowest BCUT2D eigenvalue weighted by Gasteiger charge is -2.36. The quantitative estimate of drug-likeness (QED) is 0.789. The highest BCUT2D eigenvalue weighted by Gasteiger charge is 2.34.